The van der Waals surface area contributed by atoms with E-state index in [1.807, 2.05) is 42.5 Å². The number of hydrogen-bond acceptors (Lipinski definition) is 3. The van der Waals surface area contributed by atoms with Crippen LogP contribution in [0.15, 0.2) is 66.7 Å². The molecule has 0 spiro atoms. The molecule has 3 aromatic rings. The van der Waals surface area contributed by atoms with E-state index < -0.39 is 6.10 Å². The Bertz CT molecular complexity index is 972. The predicted molar refractivity (Wildman–Crippen MR) is 117 cm³/mol. The van der Waals surface area contributed by atoms with Gasteiger partial charge in [0.05, 0.1) is 6.10 Å². The lowest BCUT2D eigenvalue weighted by molar-refractivity contribution is 0.121. The fraction of sp³-hybridized carbons (Fsp3) is 0.308. The lowest BCUT2D eigenvalue weighted by Crippen LogP contribution is -2.20. The van der Waals surface area contributed by atoms with E-state index in [4.69, 9.17) is 9.47 Å². The van der Waals surface area contributed by atoms with E-state index in [2.05, 4.69) is 45.0 Å². The molecule has 1 heterocycles. The number of fused-ring (bicyclic) bond motifs is 1. The summed E-state index contributed by atoms with van der Waals surface area (Å²) in [7, 11) is 0. The van der Waals surface area contributed by atoms with Crippen LogP contribution >= 0.6 is 0 Å². The monoisotopic (exact) mass is 388 g/mol. The molecule has 0 saturated heterocycles. The summed E-state index contributed by atoms with van der Waals surface area (Å²) >= 11 is 0. The Morgan fingerprint density at radius 2 is 1.45 bits per heavy atom. The van der Waals surface area contributed by atoms with Crippen molar-refractivity contribution in [3.8, 4) is 33.8 Å². The summed E-state index contributed by atoms with van der Waals surface area (Å²) in [5.41, 5.74) is 5.47. The maximum absolute atomic E-state index is 10.8. The minimum absolute atomic E-state index is 0.0604. The molecule has 1 aliphatic rings. The van der Waals surface area contributed by atoms with Crippen LogP contribution < -0.4 is 9.47 Å². The van der Waals surface area contributed by atoms with Crippen molar-refractivity contribution in [2.24, 2.45) is 5.41 Å². The Hall–Kier alpha value is -2.78. The van der Waals surface area contributed by atoms with Crippen LogP contribution in [0.2, 0.25) is 0 Å². The van der Waals surface area contributed by atoms with Crippen molar-refractivity contribution in [1.29, 1.82) is 0 Å². The van der Waals surface area contributed by atoms with Crippen LogP contribution in [0.4, 0.5) is 0 Å². The molecule has 1 atom stereocenters. The van der Waals surface area contributed by atoms with Crippen molar-refractivity contribution in [1.82, 2.24) is 0 Å². The van der Waals surface area contributed by atoms with Crippen molar-refractivity contribution >= 4 is 0 Å². The van der Waals surface area contributed by atoms with Gasteiger partial charge in [-0.05, 0) is 46.6 Å². The number of hydrogen-bond donors (Lipinski definition) is 1. The van der Waals surface area contributed by atoms with E-state index in [0.29, 0.717) is 6.42 Å². The minimum atomic E-state index is -0.429. The van der Waals surface area contributed by atoms with Gasteiger partial charge in [-0.15, -0.1) is 0 Å². The van der Waals surface area contributed by atoms with Crippen molar-refractivity contribution in [2.45, 2.75) is 39.7 Å². The molecule has 3 heteroatoms. The molecule has 29 heavy (non-hydrogen) atoms. The van der Waals surface area contributed by atoms with Gasteiger partial charge in [0.1, 0.15) is 0 Å². The first-order chi connectivity index (χ1) is 13.9. The molecule has 0 fully saturated rings. The quantitative estimate of drug-likeness (QED) is 0.575. The Labute approximate surface area is 172 Å². The molecule has 0 radical (unpaired) electrons. The van der Waals surface area contributed by atoms with Crippen LogP contribution in [0.1, 0.15) is 32.8 Å². The molecule has 0 amide bonds. The van der Waals surface area contributed by atoms with Crippen LogP contribution in [-0.4, -0.2) is 18.0 Å². The molecular weight excluding hydrogens is 360 g/mol. The highest BCUT2D eigenvalue weighted by atomic mass is 16.7. The highest BCUT2D eigenvalue weighted by Crippen LogP contribution is 2.49. The summed E-state index contributed by atoms with van der Waals surface area (Å²) in [6.07, 6.45) is 0.871. The zero-order chi connectivity index (χ0) is 20.4. The fourth-order valence-electron chi connectivity index (χ4n) is 4.10. The van der Waals surface area contributed by atoms with Crippen LogP contribution in [0.25, 0.3) is 22.3 Å². The summed E-state index contributed by atoms with van der Waals surface area (Å²) in [6.45, 7) is 6.69. The summed E-state index contributed by atoms with van der Waals surface area (Å²) in [5.74, 6) is 1.53. The number of aliphatic hydroxyl groups excluding tert-OH is 1. The molecule has 0 aromatic heterocycles. The van der Waals surface area contributed by atoms with Gasteiger partial charge in [-0.2, -0.15) is 0 Å². The third-order valence-corrected chi connectivity index (χ3v) is 5.17. The zero-order valence-electron chi connectivity index (χ0n) is 17.3. The minimum Gasteiger partial charge on any atom is -0.454 e. The van der Waals surface area contributed by atoms with Crippen LogP contribution in [0, 0.1) is 5.41 Å². The Morgan fingerprint density at radius 3 is 2.03 bits per heavy atom. The van der Waals surface area contributed by atoms with Gasteiger partial charge in [0.2, 0.25) is 6.79 Å². The molecule has 3 nitrogen and oxygen atoms in total. The van der Waals surface area contributed by atoms with Gasteiger partial charge in [-0.3, -0.25) is 0 Å². The van der Waals surface area contributed by atoms with Crippen LogP contribution in [0.3, 0.4) is 0 Å². The Kier molecular flexibility index (Phi) is 5.33. The number of benzene rings is 3. The van der Waals surface area contributed by atoms with E-state index in [1.54, 1.807) is 0 Å². The molecule has 0 saturated carbocycles. The van der Waals surface area contributed by atoms with E-state index in [9.17, 15) is 5.11 Å². The molecule has 1 N–H and O–H groups in total. The van der Waals surface area contributed by atoms with Gasteiger partial charge in [-0.25, -0.2) is 0 Å². The molecule has 1 aliphatic heterocycles. The average Bonchev–Trinajstić information content (AvgIpc) is 3.15. The molecule has 3 aromatic carbocycles. The molecular formula is C26H28O3. The Balaban J connectivity index is 1.91. The van der Waals surface area contributed by atoms with Gasteiger partial charge >= 0.3 is 0 Å². The van der Waals surface area contributed by atoms with E-state index in [-0.39, 0.29) is 12.2 Å². The topological polar surface area (TPSA) is 38.7 Å². The van der Waals surface area contributed by atoms with Gasteiger partial charge < -0.3 is 14.6 Å². The second kappa shape index (κ2) is 7.92. The second-order valence-corrected chi connectivity index (χ2v) is 8.87. The zero-order valence-corrected chi connectivity index (χ0v) is 17.3. The smallest absolute Gasteiger partial charge is 0.231 e. The van der Waals surface area contributed by atoms with Crippen molar-refractivity contribution in [2.75, 3.05) is 6.79 Å². The molecule has 0 bridgehead atoms. The van der Waals surface area contributed by atoms with Crippen LogP contribution in [0.5, 0.6) is 11.5 Å². The molecule has 150 valence electrons. The fourth-order valence-corrected chi connectivity index (χ4v) is 4.10. The maximum atomic E-state index is 10.8. The maximum Gasteiger partial charge on any atom is 0.231 e. The van der Waals surface area contributed by atoms with Crippen LogP contribution in [-0.2, 0) is 6.42 Å². The first kappa shape index (κ1) is 19.5. The number of ether oxygens (including phenoxy) is 2. The molecule has 4 rings (SSSR count). The second-order valence-electron chi connectivity index (χ2n) is 8.87. The van der Waals surface area contributed by atoms with Gasteiger partial charge in [0.25, 0.3) is 0 Å². The summed E-state index contributed by atoms with van der Waals surface area (Å²) in [4.78, 5) is 0. The first-order valence-corrected chi connectivity index (χ1v) is 10.2. The third kappa shape index (κ3) is 4.30. The van der Waals surface area contributed by atoms with Gasteiger partial charge in [0.15, 0.2) is 11.5 Å². The lowest BCUT2D eigenvalue weighted by atomic mass is 9.83. The largest absolute Gasteiger partial charge is 0.454 e. The van der Waals surface area contributed by atoms with Crippen molar-refractivity contribution in [3.63, 3.8) is 0 Å². The Morgan fingerprint density at radius 1 is 0.862 bits per heavy atom. The standard InChI is InChI=1S/C26H28O3/c1-26(2,3)16-21(27)14-20-15-22-25(29-17-28-22)24(19-12-8-5-9-13-19)23(20)18-10-6-4-7-11-18/h4-13,15,21,27H,14,16-17H2,1-3H3/t21-/m0/s1. The van der Waals surface area contributed by atoms with Gasteiger partial charge in [-0.1, -0.05) is 81.4 Å². The van der Waals surface area contributed by atoms with Gasteiger partial charge in [0, 0.05) is 5.56 Å². The van der Waals surface area contributed by atoms with E-state index >= 15 is 0 Å². The van der Waals surface area contributed by atoms with Crippen molar-refractivity contribution in [3.05, 3.63) is 72.3 Å². The molecule has 0 unspecified atom stereocenters. The third-order valence-electron chi connectivity index (χ3n) is 5.17. The summed E-state index contributed by atoms with van der Waals surface area (Å²) in [5, 5.41) is 10.8. The summed E-state index contributed by atoms with van der Waals surface area (Å²) < 4.78 is 11.7. The summed E-state index contributed by atoms with van der Waals surface area (Å²) in [6, 6.07) is 22.7. The highest BCUT2D eigenvalue weighted by Gasteiger charge is 2.27. The predicted octanol–water partition coefficient (Wildman–Crippen LogP) is 6.09. The molecule has 0 aliphatic carbocycles. The normalized spacial score (nSPS) is 14.1. The SMILES string of the molecule is CC(C)(C)C[C@@H](O)Cc1cc2c(c(-c3ccccc3)c1-c1ccccc1)OCO2. The number of aliphatic hydroxyl groups is 1. The lowest BCUT2D eigenvalue weighted by Gasteiger charge is -2.24. The van der Waals surface area contributed by atoms with E-state index in [0.717, 1.165) is 45.7 Å². The van der Waals surface area contributed by atoms with Crippen molar-refractivity contribution < 1.29 is 14.6 Å². The number of rotatable bonds is 5. The average molecular weight is 389 g/mol. The first-order valence-electron chi connectivity index (χ1n) is 10.2. The highest BCUT2D eigenvalue weighted by molar-refractivity contribution is 5.92. The van der Waals surface area contributed by atoms with E-state index in [1.165, 1.54) is 0 Å².